The van der Waals surface area contributed by atoms with Crippen molar-refractivity contribution >= 4 is 17.0 Å². The van der Waals surface area contributed by atoms with Crippen LogP contribution in [0, 0.1) is 0 Å². The molecule has 0 aliphatic carbocycles. The number of aromatic nitrogens is 3. The molecule has 2 heterocycles. The highest BCUT2D eigenvalue weighted by Gasteiger charge is 2.15. The van der Waals surface area contributed by atoms with E-state index in [-0.39, 0.29) is 37.0 Å². The van der Waals surface area contributed by atoms with Gasteiger partial charge >= 0.3 is 5.76 Å². The number of oxazole rings is 1. The molecule has 0 unspecified atom stereocenters. The van der Waals surface area contributed by atoms with Crippen LogP contribution in [0.4, 0.5) is 0 Å². The molecule has 176 valence electrons. The summed E-state index contributed by atoms with van der Waals surface area (Å²) in [5, 5.41) is 7.43. The third-order valence-electron chi connectivity index (χ3n) is 5.64. The SMILES string of the molecule is CC[C@H](Cn1nc(-c2ccc(OC)cc2)ccc1=O)NC(=O)CCn1c(=O)oc2ccccc21. The number of para-hydroxylation sites is 2. The predicted molar refractivity (Wildman–Crippen MR) is 128 cm³/mol. The van der Waals surface area contributed by atoms with Gasteiger partial charge in [-0.3, -0.25) is 14.2 Å². The van der Waals surface area contributed by atoms with Crippen LogP contribution in [0.3, 0.4) is 0 Å². The van der Waals surface area contributed by atoms with Gasteiger partial charge < -0.3 is 14.5 Å². The molecule has 2 aromatic heterocycles. The molecule has 0 bridgehead atoms. The Morgan fingerprint density at radius 1 is 1.09 bits per heavy atom. The van der Waals surface area contributed by atoms with E-state index in [0.717, 1.165) is 11.3 Å². The molecule has 9 nitrogen and oxygen atoms in total. The Hall–Kier alpha value is -4.14. The number of hydrogen-bond acceptors (Lipinski definition) is 6. The quantitative estimate of drug-likeness (QED) is 0.410. The van der Waals surface area contributed by atoms with Crippen LogP contribution in [-0.4, -0.2) is 33.4 Å². The van der Waals surface area contributed by atoms with Gasteiger partial charge in [-0.1, -0.05) is 19.1 Å². The van der Waals surface area contributed by atoms with Gasteiger partial charge in [0.15, 0.2) is 5.58 Å². The van der Waals surface area contributed by atoms with E-state index >= 15 is 0 Å². The molecule has 1 atom stereocenters. The lowest BCUT2D eigenvalue weighted by Crippen LogP contribution is -2.40. The Labute approximate surface area is 195 Å². The fourth-order valence-electron chi connectivity index (χ4n) is 3.72. The molecule has 2 aromatic carbocycles. The van der Waals surface area contributed by atoms with Crippen LogP contribution in [0.1, 0.15) is 19.8 Å². The van der Waals surface area contributed by atoms with E-state index in [9.17, 15) is 14.4 Å². The van der Waals surface area contributed by atoms with Gasteiger partial charge in [-0.05, 0) is 48.9 Å². The molecule has 34 heavy (non-hydrogen) atoms. The van der Waals surface area contributed by atoms with Crippen molar-refractivity contribution in [3.05, 3.63) is 81.6 Å². The molecule has 0 saturated heterocycles. The van der Waals surface area contributed by atoms with Crippen molar-refractivity contribution in [2.24, 2.45) is 0 Å². The van der Waals surface area contributed by atoms with Crippen molar-refractivity contribution < 1.29 is 13.9 Å². The molecule has 9 heteroatoms. The lowest BCUT2D eigenvalue weighted by molar-refractivity contribution is -0.122. The normalized spacial score (nSPS) is 11.9. The van der Waals surface area contributed by atoms with Crippen molar-refractivity contribution in [1.82, 2.24) is 19.7 Å². The third-order valence-corrected chi connectivity index (χ3v) is 5.64. The van der Waals surface area contributed by atoms with E-state index < -0.39 is 5.76 Å². The zero-order chi connectivity index (χ0) is 24.1. The van der Waals surface area contributed by atoms with E-state index in [0.29, 0.717) is 23.2 Å². The Bertz CT molecular complexity index is 1400. The van der Waals surface area contributed by atoms with Gasteiger partial charge in [-0.2, -0.15) is 5.10 Å². The summed E-state index contributed by atoms with van der Waals surface area (Å²) in [6.07, 6.45) is 0.718. The minimum absolute atomic E-state index is 0.105. The van der Waals surface area contributed by atoms with Crippen LogP contribution in [0.5, 0.6) is 5.75 Å². The van der Waals surface area contributed by atoms with Gasteiger partial charge in [0.1, 0.15) is 5.75 Å². The van der Waals surface area contributed by atoms with Gasteiger partial charge in [-0.15, -0.1) is 0 Å². The zero-order valence-electron chi connectivity index (χ0n) is 19.1. The number of aryl methyl sites for hydroxylation is 1. The second-order valence-electron chi connectivity index (χ2n) is 7.88. The number of ether oxygens (including phenoxy) is 1. The Morgan fingerprint density at radius 2 is 1.85 bits per heavy atom. The fraction of sp³-hybridized carbons (Fsp3) is 0.280. The predicted octanol–water partition coefficient (Wildman–Crippen LogP) is 2.81. The molecule has 0 fully saturated rings. The molecule has 1 N–H and O–H groups in total. The molecule has 1 amide bonds. The van der Waals surface area contributed by atoms with Crippen LogP contribution in [0.25, 0.3) is 22.4 Å². The second-order valence-corrected chi connectivity index (χ2v) is 7.88. The van der Waals surface area contributed by atoms with Crippen LogP contribution in [-0.2, 0) is 17.9 Å². The van der Waals surface area contributed by atoms with Crippen LogP contribution >= 0.6 is 0 Å². The molecular formula is C25H26N4O5. The maximum Gasteiger partial charge on any atom is 0.419 e. The number of carbonyl (C=O) groups is 1. The zero-order valence-corrected chi connectivity index (χ0v) is 19.1. The third kappa shape index (κ3) is 5.09. The van der Waals surface area contributed by atoms with E-state index in [1.807, 2.05) is 37.3 Å². The second kappa shape index (κ2) is 10.2. The Balaban J connectivity index is 1.42. The summed E-state index contributed by atoms with van der Waals surface area (Å²) >= 11 is 0. The molecule has 4 aromatic rings. The first kappa shape index (κ1) is 23.0. The van der Waals surface area contributed by atoms with Crippen molar-refractivity contribution in [1.29, 1.82) is 0 Å². The highest BCUT2D eigenvalue weighted by Crippen LogP contribution is 2.19. The lowest BCUT2D eigenvalue weighted by atomic mass is 10.1. The van der Waals surface area contributed by atoms with Gasteiger partial charge in [0.05, 0.1) is 24.9 Å². The smallest absolute Gasteiger partial charge is 0.419 e. The summed E-state index contributed by atoms with van der Waals surface area (Å²) in [5.41, 5.74) is 2.39. The summed E-state index contributed by atoms with van der Waals surface area (Å²) in [6, 6.07) is 17.3. The van der Waals surface area contributed by atoms with E-state index in [1.54, 1.807) is 31.4 Å². The van der Waals surface area contributed by atoms with E-state index in [1.165, 1.54) is 15.3 Å². The molecule has 0 aliphatic rings. The minimum atomic E-state index is -0.493. The number of methoxy groups -OCH3 is 1. The molecule has 0 spiro atoms. The number of fused-ring (bicyclic) bond motifs is 1. The average Bonchev–Trinajstić information content (AvgIpc) is 3.18. The van der Waals surface area contributed by atoms with E-state index in [2.05, 4.69) is 10.4 Å². The number of hydrogen-bond donors (Lipinski definition) is 1. The van der Waals surface area contributed by atoms with Gasteiger partial charge in [-0.25, -0.2) is 9.48 Å². The molecular weight excluding hydrogens is 436 g/mol. The van der Waals surface area contributed by atoms with Gasteiger partial charge in [0, 0.05) is 30.6 Å². The standard InChI is InChI=1S/C25H26N4O5/c1-3-18(26-23(30)14-15-28-21-6-4-5-7-22(21)34-25(28)32)16-29-24(31)13-12-20(27-29)17-8-10-19(33-2)11-9-17/h4-13,18H,3,14-16H2,1-2H3,(H,26,30)/t18-/m1/s1. The maximum absolute atomic E-state index is 12.6. The van der Waals surface area contributed by atoms with Crippen LogP contribution in [0.15, 0.2) is 74.7 Å². The first-order valence-corrected chi connectivity index (χ1v) is 11.1. The highest BCUT2D eigenvalue weighted by molar-refractivity contribution is 5.77. The lowest BCUT2D eigenvalue weighted by Gasteiger charge is -2.18. The number of rotatable bonds is 9. The van der Waals surface area contributed by atoms with Crippen molar-refractivity contribution in [2.75, 3.05) is 7.11 Å². The molecule has 0 saturated carbocycles. The number of nitrogens with zero attached hydrogens (tertiary/aromatic N) is 3. The fourth-order valence-corrected chi connectivity index (χ4v) is 3.72. The largest absolute Gasteiger partial charge is 0.497 e. The van der Waals surface area contributed by atoms with Gasteiger partial charge in [0.25, 0.3) is 5.56 Å². The summed E-state index contributed by atoms with van der Waals surface area (Å²) in [4.78, 5) is 37.1. The highest BCUT2D eigenvalue weighted by atomic mass is 16.5. The molecule has 0 aliphatic heterocycles. The minimum Gasteiger partial charge on any atom is -0.497 e. The summed E-state index contributed by atoms with van der Waals surface area (Å²) < 4.78 is 13.2. The number of amides is 1. The first-order valence-electron chi connectivity index (χ1n) is 11.1. The van der Waals surface area contributed by atoms with E-state index in [4.69, 9.17) is 9.15 Å². The number of carbonyl (C=O) groups excluding carboxylic acids is 1. The number of benzene rings is 2. The van der Waals surface area contributed by atoms with Crippen LogP contribution in [0.2, 0.25) is 0 Å². The molecule has 0 radical (unpaired) electrons. The first-order chi connectivity index (χ1) is 16.5. The van der Waals surface area contributed by atoms with Crippen molar-refractivity contribution in [3.8, 4) is 17.0 Å². The molecule has 4 rings (SSSR count). The summed E-state index contributed by atoms with van der Waals surface area (Å²) in [5.74, 6) is 0.0204. The maximum atomic E-state index is 12.6. The van der Waals surface area contributed by atoms with Crippen LogP contribution < -0.4 is 21.4 Å². The number of nitrogens with one attached hydrogen (secondary N) is 1. The van der Waals surface area contributed by atoms with Gasteiger partial charge in [0.2, 0.25) is 5.91 Å². The van der Waals surface area contributed by atoms with Crippen molar-refractivity contribution in [3.63, 3.8) is 0 Å². The topological polar surface area (TPSA) is 108 Å². The van der Waals surface area contributed by atoms with Crippen molar-refractivity contribution in [2.45, 2.75) is 38.9 Å². The monoisotopic (exact) mass is 462 g/mol. The average molecular weight is 463 g/mol. The summed E-state index contributed by atoms with van der Waals surface area (Å²) in [6.45, 7) is 2.36. The Kier molecular flexibility index (Phi) is 6.91. The Morgan fingerprint density at radius 3 is 2.59 bits per heavy atom. The summed E-state index contributed by atoms with van der Waals surface area (Å²) in [7, 11) is 1.60.